The van der Waals surface area contributed by atoms with Gasteiger partial charge >= 0.3 is 0 Å². The lowest BCUT2D eigenvalue weighted by Crippen LogP contribution is -1.94. The molecule has 1 heteroatoms. The van der Waals surface area contributed by atoms with Gasteiger partial charge in [-0.1, -0.05) is 158 Å². The molecule has 0 radical (unpaired) electrons. The highest BCUT2D eigenvalue weighted by atomic mass is 16.3. The zero-order chi connectivity index (χ0) is 32.3. The van der Waals surface area contributed by atoms with Crippen LogP contribution >= 0.6 is 0 Å². The number of hydrogen-bond acceptors (Lipinski definition) is 1. The average Bonchev–Trinajstić information content (AvgIpc) is 3.55. The van der Waals surface area contributed by atoms with Gasteiger partial charge in [-0.3, -0.25) is 0 Å². The van der Waals surface area contributed by atoms with E-state index < -0.39 is 0 Å². The third-order valence-corrected chi connectivity index (χ3v) is 10.1. The van der Waals surface area contributed by atoms with Crippen molar-refractivity contribution in [3.8, 4) is 44.5 Å². The third kappa shape index (κ3) is 4.40. The van der Waals surface area contributed by atoms with Crippen LogP contribution in [0.25, 0.3) is 98.8 Å². The summed E-state index contributed by atoms with van der Waals surface area (Å²) in [7, 11) is 0. The number of furan rings is 1. The molecule has 1 heterocycles. The van der Waals surface area contributed by atoms with Gasteiger partial charge in [0.1, 0.15) is 11.2 Å². The van der Waals surface area contributed by atoms with Crippen molar-refractivity contribution in [1.82, 2.24) is 0 Å². The Hall–Kier alpha value is -6.44. The van der Waals surface area contributed by atoms with Crippen molar-refractivity contribution in [1.29, 1.82) is 0 Å². The molecule has 0 N–H and O–H groups in total. The van der Waals surface area contributed by atoms with Gasteiger partial charge in [-0.25, -0.2) is 0 Å². The molecule has 0 spiro atoms. The Morgan fingerprint density at radius 1 is 0.265 bits per heavy atom. The predicted octanol–water partition coefficient (Wildman–Crippen LogP) is 13.7. The lowest BCUT2D eigenvalue weighted by molar-refractivity contribution is 0.669. The maximum atomic E-state index is 6.37. The van der Waals surface area contributed by atoms with Crippen LogP contribution in [0.2, 0.25) is 0 Å². The summed E-state index contributed by atoms with van der Waals surface area (Å²) in [5.41, 5.74) is 11.6. The topological polar surface area (TPSA) is 13.1 Å². The minimum atomic E-state index is 0.909. The van der Waals surface area contributed by atoms with E-state index in [1.807, 2.05) is 12.1 Å². The fourth-order valence-electron chi connectivity index (χ4n) is 7.88. The van der Waals surface area contributed by atoms with Crippen LogP contribution in [0, 0.1) is 0 Å². The van der Waals surface area contributed by atoms with Crippen LogP contribution < -0.4 is 0 Å². The molecule has 0 saturated carbocycles. The molecule has 0 amide bonds. The normalized spacial score (nSPS) is 11.7. The molecule has 228 valence electrons. The smallest absolute Gasteiger partial charge is 0.136 e. The van der Waals surface area contributed by atoms with E-state index in [0.29, 0.717) is 0 Å². The molecule has 0 bridgehead atoms. The maximum absolute atomic E-state index is 6.37. The Labute approximate surface area is 284 Å². The quantitative estimate of drug-likeness (QED) is 0.178. The molecule has 0 aliphatic carbocycles. The molecule has 0 atom stereocenters. The molecule has 0 aliphatic heterocycles. The first-order valence-electron chi connectivity index (χ1n) is 16.8. The van der Waals surface area contributed by atoms with Crippen LogP contribution in [0.5, 0.6) is 0 Å². The van der Waals surface area contributed by atoms with Crippen LogP contribution in [0.15, 0.2) is 186 Å². The summed E-state index contributed by atoms with van der Waals surface area (Å²) in [6.45, 7) is 0. The predicted molar refractivity (Wildman–Crippen MR) is 208 cm³/mol. The number of fused-ring (bicyclic) bond motifs is 6. The molecule has 1 aromatic heterocycles. The van der Waals surface area contributed by atoms with Crippen LogP contribution in [-0.4, -0.2) is 0 Å². The van der Waals surface area contributed by atoms with Crippen LogP contribution in [0.1, 0.15) is 0 Å². The summed E-state index contributed by atoms with van der Waals surface area (Å²) in [4.78, 5) is 0. The summed E-state index contributed by atoms with van der Waals surface area (Å²) in [5.74, 6) is 0. The first kappa shape index (κ1) is 27.7. The highest BCUT2D eigenvalue weighted by Crippen LogP contribution is 2.48. The van der Waals surface area contributed by atoms with Crippen molar-refractivity contribution in [3.63, 3.8) is 0 Å². The SMILES string of the molecule is c1ccc(-c2ccc3c(-c4ccccc4)c(-c4c5ccccc5c(-c5ccc6c(c5)oc5ccccc56)c5ccccc45)ccc3c2)cc1. The summed E-state index contributed by atoms with van der Waals surface area (Å²) in [6, 6.07) is 65.8. The fraction of sp³-hybridized carbons (Fsp3) is 0. The Morgan fingerprint density at radius 2 is 0.796 bits per heavy atom. The van der Waals surface area contributed by atoms with Gasteiger partial charge in [0.05, 0.1) is 0 Å². The highest BCUT2D eigenvalue weighted by molar-refractivity contribution is 6.24. The first-order chi connectivity index (χ1) is 24.3. The van der Waals surface area contributed by atoms with E-state index in [1.54, 1.807) is 0 Å². The molecule has 0 fully saturated rings. The summed E-state index contributed by atoms with van der Waals surface area (Å²) >= 11 is 0. The molecule has 0 unspecified atom stereocenters. The van der Waals surface area contributed by atoms with Crippen molar-refractivity contribution in [2.45, 2.75) is 0 Å². The molecule has 0 saturated heterocycles. The molecule has 0 aliphatic rings. The molecule has 9 aromatic carbocycles. The molecule has 1 nitrogen and oxygen atoms in total. The summed E-state index contributed by atoms with van der Waals surface area (Å²) in [6.07, 6.45) is 0. The number of rotatable bonds is 4. The largest absolute Gasteiger partial charge is 0.456 e. The number of para-hydroxylation sites is 1. The van der Waals surface area contributed by atoms with Gasteiger partial charge in [-0.2, -0.15) is 0 Å². The van der Waals surface area contributed by atoms with E-state index in [1.165, 1.54) is 71.3 Å². The fourth-order valence-corrected chi connectivity index (χ4v) is 7.88. The minimum Gasteiger partial charge on any atom is -0.456 e. The van der Waals surface area contributed by atoms with Gasteiger partial charge in [0.15, 0.2) is 0 Å². The van der Waals surface area contributed by atoms with Crippen molar-refractivity contribution < 1.29 is 4.42 Å². The molecular formula is C48H30O. The number of benzene rings is 9. The Balaban J connectivity index is 1.28. The second-order valence-corrected chi connectivity index (χ2v) is 12.8. The Bertz CT molecular complexity index is 2800. The zero-order valence-electron chi connectivity index (χ0n) is 26.7. The van der Waals surface area contributed by atoms with Gasteiger partial charge in [0, 0.05) is 10.8 Å². The van der Waals surface area contributed by atoms with Gasteiger partial charge in [0.25, 0.3) is 0 Å². The molecule has 49 heavy (non-hydrogen) atoms. The second kappa shape index (κ2) is 11.1. The summed E-state index contributed by atoms with van der Waals surface area (Å²) in [5, 5.41) is 9.69. The lowest BCUT2D eigenvalue weighted by atomic mass is 9.82. The van der Waals surface area contributed by atoms with Crippen molar-refractivity contribution in [2.75, 3.05) is 0 Å². The third-order valence-electron chi connectivity index (χ3n) is 10.1. The monoisotopic (exact) mass is 622 g/mol. The highest BCUT2D eigenvalue weighted by Gasteiger charge is 2.21. The van der Waals surface area contributed by atoms with E-state index in [0.717, 1.165) is 27.5 Å². The second-order valence-electron chi connectivity index (χ2n) is 12.8. The van der Waals surface area contributed by atoms with Crippen LogP contribution in [-0.2, 0) is 0 Å². The van der Waals surface area contributed by atoms with Crippen molar-refractivity contribution >= 4 is 54.3 Å². The Morgan fingerprint density at radius 3 is 1.49 bits per heavy atom. The average molecular weight is 623 g/mol. The van der Waals surface area contributed by atoms with E-state index in [2.05, 4.69) is 170 Å². The lowest BCUT2D eigenvalue weighted by Gasteiger charge is -2.21. The van der Waals surface area contributed by atoms with Gasteiger partial charge in [-0.05, 0) is 101 Å². The first-order valence-corrected chi connectivity index (χ1v) is 16.8. The van der Waals surface area contributed by atoms with E-state index >= 15 is 0 Å². The van der Waals surface area contributed by atoms with Crippen molar-refractivity contribution in [2.24, 2.45) is 0 Å². The zero-order valence-corrected chi connectivity index (χ0v) is 26.7. The molecular weight excluding hydrogens is 593 g/mol. The summed E-state index contributed by atoms with van der Waals surface area (Å²) < 4.78 is 6.37. The maximum Gasteiger partial charge on any atom is 0.136 e. The van der Waals surface area contributed by atoms with Crippen LogP contribution in [0.4, 0.5) is 0 Å². The standard InChI is InChI=1S/C48H30O/c1-3-13-31(14-4-1)33-23-26-36-34(29-33)24-28-43(46(36)32-15-5-2-6-16-32)48-41-20-9-7-18-39(41)47(40-19-8-10-21-42(40)48)35-25-27-38-37-17-11-12-22-44(37)49-45(38)30-35/h1-30H. The van der Waals surface area contributed by atoms with Gasteiger partial charge < -0.3 is 4.42 Å². The van der Waals surface area contributed by atoms with Gasteiger partial charge in [0.2, 0.25) is 0 Å². The molecule has 10 aromatic rings. The van der Waals surface area contributed by atoms with E-state index in [9.17, 15) is 0 Å². The van der Waals surface area contributed by atoms with Gasteiger partial charge in [-0.15, -0.1) is 0 Å². The Kier molecular flexibility index (Phi) is 6.25. The number of hydrogen-bond donors (Lipinski definition) is 0. The minimum absolute atomic E-state index is 0.909. The van der Waals surface area contributed by atoms with E-state index in [-0.39, 0.29) is 0 Å². The molecule has 10 rings (SSSR count). The van der Waals surface area contributed by atoms with Crippen LogP contribution in [0.3, 0.4) is 0 Å². The van der Waals surface area contributed by atoms with E-state index in [4.69, 9.17) is 4.42 Å². The van der Waals surface area contributed by atoms with Crippen molar-refractivity contribution in [3.05, 3.63) is 182 Å².